The third kappa shape index (κ3) is 3.45. The Morgan fingerprint density at radius 1 is 1.14 bits per heavy atom. The molecule has 6 nitrogen and oxygen atoms in total. The number of nitrogens with zero attached hydrogens (tertiary/aromatic N) is 4. The standard InChI is InChI=1S/C21H21N5OS/c1-4-26-17-8-6-5-7-16(17)18-19(26)23-21(25-24-18)28-14(3)20(27)22-15-11-9-13(2)10-12-15/h5-12,14H,4H2,1-3H3,(H,22,27)/t14-/m1/s1. The lowest BCUT2D eigenvalue weighted by molar-refractivity contribution is -0.115. The van der Waals surface area contributed by atoms with E-state index in [0.29, 0.717) is 5.16 Å². The highest BCUT2D eigenvalue weighted by molar-refractivity contribution is 8.00. The second-order valence-corrected chi connectivity index (χ2v) is 7.95. The van der Waals surface area contributed by atoms with Crippen molar-refractivity contribution in [2.45, 2.75) is 37.7 Å². The van der Waals surface area contributed by atoms with Crippen molar-refractivity contribution >= 4 is 45.4 Å². The third-order valence-corrected chi connectivity index (χ3v) is 5.59. The highest BCUT2D eigenvalue weighted by Gasteiger charge is 2.19. The fourth-order valence-electron chi connectivity index (χ4n) is 3.15. The van der Waals surface area contributed by atoms with E-state index < -0.39 is 0 Å². The van der Waals surface area contributed by atoms with Gasteiger partial charge < -0.3 is 9.88 Å². The number of anilines is 1. The minimum Gasteiger partial charge on any atom is -0.325 e. The monoisotopic (exact) mass is 391 g/mol. The number of aryl methyl sites for hydroxylation is 2. The lowest BCUT2D eigenvalue weighted by Gasteiger charge is -2.11. The molecule has 142 valence electrons. The number of carbonyl (C=O) groups is 1. The minimum atomic E-state index is -0.347. The maximum atomic E-state index is 12.5. The van der Waals surface area contributed by atoms with Crippen molar-refractivity contribution in [3.63, 3.8) is 0 Å². The van der Waals surface area contributed by atoms with Crippen LogP contribution in [0.15, 0.2) is 53.7 Å². The first kappa shape index (κ1) is 18.4. The summed E-state index contributed by atoms with van der Waals surface area (Å²) >= 11 is 1.31. The topological polar surface area (TPSA) is 72.7 Å². The Morgan fingerprint density at radius 3 is 2.64 bits per heavy atom. The molecule has 0 aliphatic heterocycles. The van der Waals surface area contributed by atoms with E-state index in [0.717, 1.165) is 39.9 Å². The van der Waals surface area contributed by atoms with Crippen LogP contribution in [0.3, 0.4) is 0 Å². The Morgan fingerprint density at radius 2 is 1.89 bits per heavy atom. The van der Waals surface area contributed by atoms with Crippen molar-refractivity contribution in [3.8, 4) is 0 Å². The molecule has 0 aliphatic rings. The SMILES string of the molecule is CCn1c2ccccc2c2nnc(S[C@H](C)C(=O)Nc3ccc(C)cc3)nc21. The van der Waals surface area contributed by atoms with Gasteiger partial charge in [0.1, 0.15) is 5.52 Å². The third-order valence-electron chi connectivity index (χ3n) is 4.64. The lowest BCUT2D eigenvalue weighted by atomic mass is 10.2. The summed E-state index contributed by atoms with van der Waals surface area (Å²) < 4.78 is 2.13. The van der Waals surface area contributed by atoms with Crippen molar-refractivity contribution in [1.82, 2.24) is 19.7 Å². The first-order valence-electron chi connectivity index (χ1n) is 9.22. The van der Waals surface area contributed by atoms with E-state index in [1.807, 2.05) is 56.3 Å². The fraction of sp³-hybridized carbons (Fsp3) is 0.238. The average Bonchev–Trinajstić information content (AvgIpc) is 3.02. The van der Waals surface area contributed by atoms with Gasteiger partial charge in [0, 0.05) is 17.6 Å². The molecule has 2 aromatic heterocycles. The first-order valence-corrected chi connectivity index (χ1v) is 10.1. The molecule has 0 saturated heterocycles. The molecule has 1 atom stereocenters. The van der Waals surface area contributed by atoms with Crippen LogP contribution >= 0.6 is 11.8 Å². The van der Waals surface area contributed by atoms with E-state index in [4.69, 9.17) is 4.98 Å². The van der Waals surface area contributed by atoms with Crippen LogP contribution in [0, 0.1) is 6.92 Å². The summed E-state index contributed by atoms with van der Waals surface area (Å²) in [6.07, 6.45) is 0. The molecule has 1 N–H and O–H groups in total. The van der Waals surface area contributed by atoms with Crippen molar-refractivity contribution in [2.24, 2.45) is 0 Å². The quantitative estimate of drug-likeness (QED) is 0.510. The van der Waals surface area contributed by atoms with E-state index in [-0.39, 0.29) is 11.2 Å². The van der Waals surface area contributed by atoms with Gasteiger partial charge in [-0.15, -0.1) is 10.2 Å². The van der Waals surface area contributed by atoms with Gasteiger partial charge in [-0.2, -0.15) is 0 Å². The van der Waals surface area contributed by atoms with Gasteiger partial charge in [-0.1, -0.05) is 47.7 Å². The smallest absolute Gasteiger partial charge is 0.237 e. The van der Waals surface area contributed by atoms with Crippen LogP contribution < -0.4 is 5.32 Å². The zero-order valence-corrected chi connectivity index (χ0v) is 16.8. The van der Waals surface area contributed by atoms with Crippen LogP contribution in [0.1, 0.15) is 19.4 Å². The van der Waals surface area contributed by atoms with Crippen molar-refractivity contribution in [3.05, 3.63) is 54.1 Å². The molecule has 0 aliphatic carbocycles. The van der Waals surface area contributed by atoms with Crippen LogP contribution in [-0.2, 0) is 11.3 Å². The summed E-state index contributed by atoms with van der Waals surface area (Å²) in [6, 6.07) is 15.8. The molecule has 0 spiro atoms. The molecule has 4 aromatic rings. The number of fused-ring (bicyclic) bond motifs is 3. The Balaban J connectivity index is 1.58. The van der Waals surface area contributed by atoms with Crippen LogP contribution in [0.25, 0.3) is 22.1 Å². The molecule has 7 heteroatoms. The molecule has 2 heterocycles. The predicted octanol–water partition coefficient (Wildman–Crippen LogP) is 4.43. The molecular formula is C21H21N5OS. The van der Waals surface area contributed by atoms with Crippen molar-refractivity contribution < 1.29 is 4.79 Å². The van der Waals surface area contributed by atoms with Gasteiger partial charge in [0.05, 0.1) is 10.8 Å². The number of nitrogens with one attached hydrogen (secondary N) is 1. The maximum absolute atomic E-state index is 12.5. The van der Waals surface area contributed by atoms with Gasteiger partial charge in [-0.3, -0.25) is 4.79 Å². The summed E-state index contributed by atoms with van der Waals surface area (Å²) in [6.45, 7) is 6.73. The van der Waals surface area contributed by atoms with Crippen LogP contribution in [0.4, 0.5) is 5.69 Å². The van der Waals surface area contributed by atoms with E-state index in [9.17, 15) is 4.79 Å². The molecule has 2 aromatic carbocycles. The number of benzene rings is 2. The van der Waals surface area contributed by atoms with Crippen molar-refractivity contribution in [2.75, 3.05) is 5.32 Å². The first-order chi connectivity index (χ1) is 13.6. The van der Waals surface area contributed by atoms with Gasteiger partial charge in [0.2, 0.25) is 11.1 Å². The summed E-state index contributed by atoms with van der Waals surface area (Å²) in [5.41, 5.74) is 4.61. The van der Waals surface area contributed by atoms with Gasteiger partial charge in [-0.25, -0.2) is 4.98 Å². The molecule has 28 heavy (non-hydrogen) atoms. The normalized spacial score (nSPS) is 12.4. The summed E-state index contributed by atoms with van der Waals surface area (Å²) in [5, 5.41) is 12.8. The van der Waals surface area contributed by atoms with Crippen LogP contribution in [0.2, 0.25) is 0 Å². The highest BCUT2D eigenvalue weighted by atomic mass is 32.2. The van der Waals surface area contributed by atoms with Gasteiger partial charge in [0.25, 0.3) is 0 Å². The molecule has 0 bridgehead atoms. The van der Waals surface area contributed by atoms with Gasteiger partial charge in [-0.05, 0) is 39.0 Å². The van der Waals surface area contributed by atoms with Gasteiger partial charge in [0.15, 0.2) is 5.65 Å². The zero-order chi connectivity index (χ0) is 19.7. The Bertz CT molecular complexity index is 1150. The number of para-hydroxylation sites is 1. The fourth-order valence-corrected chi connectivity index (χ4v) is 3.86. The lowest BCUT2D eigenvalue weighted by Crippen LogP contribution is -2.22. The molecular weight excluding hydrogens is 370 g/mol. The number of hydrogen-bond donors (Lipinski definition) is 1. The number of carbonyl (C=O) groups excluding carboxylic acids is 1. The number of thioether (sulfide) groups is 1. The van der Waals surface area contributed by atoms with Crippen molar-refractivity contribution in [1.29, 1.82) is 0 Å². The Hall–Kier alpha value is -2.93. The van der Waals surface area contributed by atoms with E-state index in [2.05, 4.69) is 33.1 Å². The second kappa shape index (κ2) is 7.59. The summed E-state index contributed by atoms with van der Waals surface area (Å²) in [5.74, 6) is -0.0893. The van der Waals surface area contributed by atoms with E-state index in [1.54, 1.807) is 0 Å². The highest BCUT2D eigenvalue weighted by Crippen LogP contribution is 2.28. The largest absolute Gasteiger partial charge is 0.325 e. The molecule has 0 radical (unpaired) electrons. The maximum Gasteiger partial charge on any atom is 0.237 e. The number of hydrogen-bond acceptors (Lipinski definition) is 5. The summed E-state index contributed by atoms with van der Waals surface area (Å²) in [7, 11) is 0. The number of aromatic nitrogens is 4. The van der Waals surface area contributed by atoms with Gasteiger partial charge >= 0.3 is 0 Å². The van der Waals surface area contributed by atoms with E-state index >= 15 is 0 Å². The number of amides is 1. The number of rotatable bonds is 5. The minimum absolute atomic E-state index is 0.0893. The second-order valence-electron chi connectivity index (χ2n) is 6.64. The summed E-state index contributed by atoms with van der Waals surface area (Å²) in [4.78, 5) is 17.2. The van der Waals surface area contributed by atoms with Crippen LogP contribution in [0.5, 0.6) is 0 Å². The van der Waals surface area contributed by atoms with Crippen LogP contribution in [-0.4, -0.2) is 30.9 Å². The predicted molar refractivity (Wildman–Crippen MR) is 114 cm³/mol. The zero-order valence-electron chi connectivity index (χ0n) is 16.0. The molecule has 0 fully saturated rings. The molecule has 1 amide bonds. The average molecular weight is 392 g/mol. The Labute approximate surface area is 167 Å². The molecule has 0 unspecified atom stereocenters. The molecule has 4 rings (SSSR count). The molecule has 0 saturated carbocycles. The Kier molecular flexibility index (Phi) is 5.00. The van der Waals surface area contributed by atoms with E-state index in [1.165, 1.54) is 11.8 Å².